The van der Waals surface area contributed by atoms with Crippen molar-refractivity contribution in [3.05, 3.63) is 0 Å². The van der Waals surface area contributed by atoms with Gasteiger partial charge in [0.1, 0.15) is 6.04 Å². The molecule has 1 N–H and O–H groups in total. The van der Waals surface area contributed by atoms with Gasteiger partial charge in [-0.2, -0.15) is 0 Å². The first-order valence-electron chi connectivity index (χ1n) is 6.84. The van der Waals surface area contributed by atoms with E-state index in [0.717, 1.165) is 30.6 Å². The lowest BCUT2D eigenvalue weighted by Crippen LogP contribution is -2.51. The first-order chi connectivity index (χ1) is 9.13. The van der Waals surface area contributed by atoms with Gasteiger partial charge in [0.05, 0.1) is 7.11 Å². The van der Waals surface area contributed by atoms with Crippen LogP contribution >= 0.6 is 0 Å². The van der Waals surface area contributed by atoms with Crippen LogP contribution in [-0.4, -0.2) is 42.0 Å². The summed E-state index contributed by atoms with van der Waals surface area (Å²) in [6.07, 6.45) is 5.84. The summed E-state index contributed by atoms with van der Waals surface area (Å²) in [5, 5.41) is 2.86. The first kappa shape index (κ1) is 13.8. The SMILES string of the molecule is COC(=O)C1CCC(=O)N1C(=O)NC1CCCCC1. The minimum Gasteiger partial charge on any atom is -0.467 e. The molecule has 6 nitrogen and oxygen atoms in total. The van der Waals surface area contributed by atoms with Crippen LogP contribution in [-0.2, 0) is 14.3 Å². The normalized spacial score (nSPS) is 24.4. The predicted molar refractivity (Wildman–Crippen MR) is 67.3 cm³/mol. The molecule has 3 amide bonds. The molecule has 1 aliphatic heterocycles. The second kappa shape index (κ2) is 6.04. The number of hydrogen-bond donors (Lipinski definition) is 1. The van der Waals surface area contributed by atoms with Crippen molar-refractivity contribution in [1.82, 2.24) is 10.2 Å². The largest absolute Gasteiger partial charge is 0.467 e. The predicted octanol–water partition coefficient (Wildman–Crippen LogP) is 1.19. The molecule has 6 heteroatoms. The van der Waals surface area contributed by atoms with Crippen LogP contribution < -0.4 is 5.32 Å². The average Bonchev–Trinajstić information content (AvgIpc) is 2.81. The van der Waals surface area contributed by atoms with Crippen LogP contribution in [0.4, 0.5) is 4.79 Å². The van der Waals surface area contributed by atoms with Gasteiger partial charge in [-0.3, -0.25) is 4.79 Å². The highest BCUT2D eigenvalue weighted by Gasteiger charge is 2.41. The molecule has 19 heavy (non-hydrogen) atoms. The average molecular weight is 268 g/mol. The third kappa shape index (κ3) is 3.05. The third-order valence-electron chi connectivity index (χ3n) is 3.84. The Morgan fingerprint density at radius 3 is 2.53 bits per heavy atom. The Morgan fingerprint density at radius 2 is 1.89 bits per heavy atom. The Morgan fingerprint density at radius 1 is 1.21 bits per heavy atom. The monoisotopic (exact) mass is 268 g/mol. The van der Waals surface area contributed by atoms with Crippen LogP contribution in [0.25, 0.3) is 0 Å². The number of likely N-dealkylation sites (tertiary alicyclic amines) is 1. The molecule has 0 aromatic rings. The molecule has 2 aliphatic rings. The quantitative estimate of drug-likeness (QED) is 0.763. The van der Waals surface area contributed by atoms with E-state index in [1.165, 1.54) is 13.5 Å². The number of carbonyl (C=O) groups is 3. The fourth-order valence-corrected chi connectivity index (χ4v) is 2.79. The lowest BCUT2D eigenvalue weighted by molar-refractivity contribution is -0.147. The summed E-state index contributed by atoms with van der Waals surface area (Å²) in [5.74, 6) is -0.826. The number of imide groups is 1. The molecule has 1 aliphatic carbocycles. The number of carbonyl (C=O) groups excluding carboxylic acids is 3. The number of esters is 1. The summed E-state index contributed by atoms with van der Waals surface area (Å²) in [6.45, 7) is 0. The highest BCUT2D eigenvalue weighted by Crippen LogP contribution is 2.22. The standard InChI is InChI=1S/C13H20N2O4/c1-19-12(17)10-7-8-11(16)15(10)13(18)14-9-5-3-2-4-6-9/h9-10H,2-8H2,1H3,(H,14,18). The number of nitrogens with one attached hydrogen (secondary N) is 1. The number of ether oxygens (including phenoxy) is 1. The number of urea groups is 1. The van der Waals surface area contributed by atoms with E-state index in [-0.39, 0.29) is 18.4 Å². The Bertz CT molecular complexity index is 377. The molecule has 0 bridgehead atoms. The number of amides is 3. The van der Waals surface area contributed by atoms with Crippen LogP contribution in [0.5, 0.6) is 0 Å². The Kier molecular flexibility index (Phi) is 4.39. The number of rotatable bonds is 2. The molecule has 1 atom stereocenters. The van der Waals surface area contributed by atoms with E-state index >= 15 is 0 Å². The van der Waals surface area contributed by atoms with Crippen molar-refractivity contribution in [3.63, 3.8) is 0 Å². The van der Waals surface area contributed by atoms with E-state index in [0.29, 0.717) is 6.42 Å². The molecular formula is C13H20N2O4. The minimum absolute atomic E-state index is 0.118. The Balaban J connectivity index is 1.98. The van der Waals surface area contributed by atoms with Gasteiger partial charge in [0.2, 0.25) is 5.91 Å². The molecule has 1 heterocycles. The minimum atomic E-state index is -0.763. The van der Waals surface area contributed by atoms with E-state index < -0.39 is 18.0 Å². The number of methoxy groups -OCH3 is 1. The van der Waals surface area contributed by atoms with Crippen molar-refractivity contribution >= 4 is 17.9 Å². The molecule has 0 aromatic heterocycles. The zero-order valence-electron chi connectivity index (χ0n) is 11.2. The van der Waals surface area contributed by atoms with E-state index in [9.17, 15) is 14.4 Å². The maximum absolute atomic E-state index is 12.1. The molecular weight excluding hydrogens is 248 g/mol. The lowest BCUT2D eigenvalue weighted by atomic mass is 9.96. The third-order valence-corrected chi connectivity index (χ3v) is 3.84. The van der Waals surface area contributed by atoms with Crippen LogP contribution in [0.15, 0.2) is 0 Å². The first-order valence-corrected chi connectivity index (χ1v) is 6.84. The van der Waals surface area contributed by atoms with Gasteiger partial charge in [0.15, 0.2) is 0 Å². The smallest absolute Gasteiger partial charge is 0.329 e. The summed E-state index contributed by atoms with van der Waals surface area (Å²) in [4.78, 5) is 36.5. The maximum Gasteiger partial charge on any atom is 0.329 e. The van der Waals surface area contributed by atoms with Crippen molar-refractivity contribution in [2.24, 2.45) is 0 Å². The van der Waals surface area contributed by atoms with Crippen molar-refractivity contribution in [2.45, 2.75) is 57.0 Å². The summed E-state index contributed by atoms with van der Waals surface area (Å²) in [7, 11) is 1.27. The van der Waals surface area contributed by atoms with Crippen LogP contribution in [0.3, 0.4) is 0 Å². The molecule has 2 rings (SSSR count). The lowest BCUT2D eigenvalue weighted by Gasteiger charge is -2.27. The summed E-state index contributed by atoms with van der Waals surface area (Å²) >= 11 is 0. The molecule has 2 fully saturated rings. The van der Waals surface area contributed by atoms with Crippen LogP contribution in [0, 0.1) is 0 Å². The van der Waals surface area contributed by atoms with Crippen molar-refractivity contribution in [3.8, 4) is 0 Å². The van der Waals surface area contributed by atoms with Gasteiger partial charge < -0.3 is 10.1 Å². The Hall–Kier alpha value is -1.59. The van der Waals surface area contributed by atoms with E-state index in [4.69, 9.17) is 0 Å². The van der Waals surface area contributed by atoms with Gasteiger partial charge in [0.25, 0.3) is 0 Å². The van der Waals surface area contributed by atoms with Gasteiger partial charge in [0, 0.05) is 12.5 Å². The summed E-state index contributed by atoms with van der Waals surface area (Å²) < 4.78 is 4.64. The summed E-state index contributed by atoms with van der Waals surface area (Å²) in [5.41, 5.74) is 0. The second-order valence-corrected chi connectivity index (χ2v) is 5.13. The second-order valence-electron chi connectivity index (χ2n) is 5.13. The molecule has 0 radical (unpaired) electrons. The van der Waals surface area contributed by atoms with Crippen LogP contribution in [0.2, 0.25) is 0 Å². The number of hydrogen-bond acceptors (Lipinski definition) is 4. The summed E-state index contributed by atoms with van der Waals surface area (Å²) in [6, 6.07) is -1.10. The highest BCUT2D eigenvalue weighted by atomic mass is 16.5. The fourth-order valence-electron chi connectivity index (χ4n) is 2.79. The van der Waals surface area contributed by atoms with Gasteiger partial charge in [-0.15, -0.1) is 0 Å². The van der Waals surface area contributed by atoms with Crippen molar-refractivity contribution in [1.29, 1.82) is 0 Å². The van der Waals surface area contributed by atoms with E-state index in [1.54, 1.807) is 0 Å². The Labute approximate surface area is 112 Å². The molecule has 0 aromatic carbocycles. The van der Waals surface area contributed by atoms with Crippen molar-refractivity contribution in [2.75, 3.05) is 7.11 Å². The van der Waals surface area contributed by atoms with E-state index in [2.05, 4.69) is 10.1 Å². The molecule has 1 saturated heterocycles. The topological polar surface area (TPSA) is 75.7 Å². The maximum atomic E-state index is 12.1. The fraction of sp³-hybridized carbons (Fsp3) is 0.769. The van der Waals surface area contributed by atoms with Gasteiger partial charge in [-0.25, -0.2) is 14.5 Å². The highest BCUT2D eigenvalue weighted by molar-refractivity contribution is 6.01. The van der Waals surface area contributed by atoms with Crippen LogP contribution in [0.1, 0.15) is 44.9 Å². The molecule has 106 valence electrons. The van der Waals surface area contributed by atoms with E-state index in [1.807, 2.05) is 0 Å². The molecule has 0 spiro atoms. The van der Waals surface area contributed by atoms with Gasteiger partial charge in [-0.1, -0.05) is 19.3 Å². The van der Waals surface area contributed by atoms with Crippen molar-refractivity contribution < 1.29 is 19.1 Å². The zero-order chi connectivity index (χ0) is 13.8. The zero-order valence-corrected chi connectivity index (χ0v) is 11.2. The molecule has 1 unspecified atom stereocenters. The van der Waals surface area contributed by atoms with Gasteiger partial charge >= 0.3 is 12.0 Å². The van der Waals surface area contributed by atoms with Gasteiger partial charge in [-0.05, 0) is 19.3 Å². The number of nitrogens with zero attached hydrogens (tertiary/aromatic N) is 1. The molecule has 1 saturated carbocycles.